The van der Waals surface area contributed by atoms with E-state index in [0.29, 0.717) is 12.0 Å². The Labute approximate surface area is 130 Å². The number of nitrogens with zero attached hydrogens (tertiary/aromatic N) is 2. The Morgan fingerprint density at radius 1 is 1.38 bits per heavy atom. The lowest BCUT2D eigenvalue weighted by molar-refractivity contribution is 0.206. The zero-order valence-corrected chi connectivity index (χ0v) is 13.3. The minimum Gasteiger partial charge on any atom is -0.359 e. The average Bonchev–Trinajstić information content (AvgIpc) is 3.06. The van der Waals surface area contributed by atoms with Crippen molar-refractivity contribution >= 4 is 11.6 Å². The molecule has 1 aliphatic rings. The van der Waals surface area contributed by atoms with E-state index in [4.69, 9.17) is 16.1 Å². The second kappa shape index (κ2) is 6.20. The van der Waals surface area contributed by atoms with Crippen molar-refractivity contribution in [3.63, 3.8) is 0 Å². The molecular formula is C17H21ClN2O. The van der Waals surface area contributed by atoms with Crippen LogP contribution < -0.4 is 0 Å². The third-order valence-corrected chi connectivity index (χ3v) is 4.34. The molecule has 1 atom stereocenters. The summed E-state index contributed by atoms with van der Waals surface area (Å²) in [7, 11) is 0. The molecule has 1 fully saturated rings. The van der Waals surface area contributed by atoms with Crippen LogP contribution >= 0.6 is 11.6 Å². The first kappa shape index (κ1) is 14.6. The van der Waals surface area contributed by atoms with Gasteiger partial charge in [0.15, 0.2) is 5.76 Å². The van der Waals surface area contributed by atoms with Crippen molar-refractivity contribution in [3.05, 3.63) is 52.4 Å². The molecule has 0 radical (unpaired) electrons. The van der Waals surface area contributed by atoms with Crippen LogP contribution in [-0.2, 0) is 6.54 Å². The van der Waals surface area contributed by atoms with E-state index in [1.165, 1.54) is 12.0 Å². The van der Waals surface area contributed by atoms with Crippen molar-refractivity contribution in [2.75, 3.05) is 6.54 Å². The molecule has 112 valence electrons. The topological polar surface area (TPSA) is 29.3 Å². The van der Waals surface area contributed by atoms with E-state index in [9.17, 15) is 0 Å². The fraction of sp³-hybridized carbons (Fsp3) is 0.471. The van der Waals surface area contributed by atoms with Crippen LogP contribution in [0.15, 0.2) is 34.9 Å². The predicted octanol–water partition coefficient (Wildman–Crippen LogP) is 4.79. The molecule has 21 heavy (non-hydrogen) atoms. The van der Waals surface area contributed by atoms with Gasteiger partial charge in [-0.25, -0.2) is 0 Å². The fourth-order valence-corrected chi connectivity index (χ4v) is 3.15. The van der Waals surface area contributed by atoms with Gasteiger partial charge in [-0.1, -0.05) is 42.7 Å². The molecule has 3 rings (SSSR count). The summed E-state index contributed by atoms with van der Waals surface area (Å²) < 4.78 is 5.58. The molecule has 0 aliphatic carbocycles. The van der Waals surface area contributed by atoms with Crippen molar-refractivity contribution in [2.24, 2.45) is 0 Å². The van der Waals surface area contributed by atoms with Crippen LogP contribution in [-0.4, -0.2) is 16.6 Å². The minimum absolute atomic E-state index is 0.337. The third kappa shape index (κ3) is 3.30. The zero-order chi connectivity index (χ0) is 14.8. The van der Waals surface area contributed by atoms with Crippen LogP contribution in [0.1, 0.15) is 55.7 Å². The quantitative estimate of drug-likeness (QED) is 0.813. The van der Waals surface area contributed by atoms with Gasteiger partial charge in [0.1, 0.15) is 0 Å². The molecule has 1 saturated heterocycles. The van der Waals surface area contributed by atoms with Crippen molar-refractivity contribution in [1.82, 2.24) is 10.1 Å². The number of benzene rings is 1. The number of hydrogen-bond donors (Lipinski definition) is 0. The summed E-state index contributed by atoms with van der Waals surface area (Å²) >= 11 is 6.07. The molecular weight excluding hydrogens is 284 g/mol. The molecule has 4 heteroatoms. The molecule has 2 heterocycles. The van der Waals surface area contributed by atoms with Crippen LogP contribution in [0, 0.1) is 0 Å². The Morgan fingerprint density at radius 2 is 2.24 bits per heavy atom. The normalized spacial score (nSPS) is 19.5. The summed E-state index contributed by atoms with van der Waals surface area (Å²) in [5.41, 5.74) is 2.29. The highest BCUT2D eigenvalue weighted by atomic mass is 35.5. The van der Waals surface area contributed by atoms with E-state index < -0.39 is 0 Å². The maximum absolute atomic E-state index is 6.07. The van der Waals surface area contributed by atoms with Gasteiger partial charge in [0.2, 0.25) is 0 Å². The lowest BCUT2D eigenvalue weighted by Gasteiger charge is -2.22. The Kier molecular flexibility index (Phi) is 4.32. The van der Waals surface area contributed by atoms with E-state index in [1.807, 2.05) is 18.2 Å². The third-order valence-electron chi connectivity index (χ3n) is 4.10. The summed E-state index contributed by atoms with van der Waals surface area (Å²) in [6.07, 6.45) is 2.33. The van der Waals surface area contributed by atoms with Crippen molar-refractivity contribution in [3.8, 4) is 0 Å². The highest BCUT2D eigenvalue weighted by molar-refractivity contribution is 6.30. The number of likely N-dealkylation sites (tertiary alicyclic amines) is 1. The molecule has 1 aromatic carbocycles. The fourth-order valence-electron chi connectivity index (χ4n) is 2.94. The second-order valence-corrected chi connectivity index (χ2v) is 6.50. The molecule has 0 amide bonds. The first-order valence-corrected chi connectivity index (χ1v) is 7.96. The van der Waals surface area contributed by atoms with Gasteiger partial charge in [0.05, 0.1) is 11.7 Å². The number of aromatic nitrogens is 1. The monoisotopic (exact) mass is 304 g/mol. The standard InChI is InChI=1S/C17H21ClN2O/c1-12(2)15-10-17(21-19-15)16-7-4-8-20(16)11-13-5-3-6-14(18)9-13/h3,5-6,9-10,12,16H,4,7-8,11H2,1-2H3/t16-/m1/s1. The maximum atomic E-state index is 6.07. The van der Waals surface area contributed by atoms with Crippen LogP contribution in [0.25, 0.3) is 0 Å². The molecule has 2 aromatic rings. The summed E-state index contributed by atoms with van der Waals surface area (Å²) in [5.74, 6) is 1.41. The molecule has 0 N–H and O–H groups in total. The van der Waals surface area contributed by atoms with Crippen LogP contribution in [0.5, 0.6) is 0 Å². The molecule has 0 spiro atoms. The van der Waals surface area contributed by atoms with E-state index in [2.05, 4.69) is 36.0 Å². The molecule has 0 unspecified atom stereocenters. The van der Waals surface area contributed by atoms with Gasteiger partial charge >= 0.3 is 0 Å². The molecule has 1 aromatic heterocycles. The lowest BCUT2D eigenvalue weighted by Crippen LogP contribution is -2.22. The smallest absolute Gasteiger partial charge is 0.154 e. The molecule has 0 saturated carbocycles. The van der Waals surface area contributed by atoms with E-state index in [0.717, 1.165) is 36.0 Å². The number of rotatable bonds is 4. The van der Waals surface area contributed by atoms with Crippen LogP contribution in [0.4, 0.5) is 0 Å². The summed E-state index contributed by atoms with van der Waals surface area (Å²) in [5, 5.41) is 4.99. The summed E-state index contributed by atoms with van der Waals surface area (Å²) in [4.78, 5) is 2.45. The van der Waals surface area contributed by atoms with Gasteiger partial charge in [-0.3, -0.25) is 4.90 Å². The summed E-state index contributed by atoms with van der Waals surface area (Å²) in [6, 6.07) is 10.5. The average molecular weight is 305 g/mol. The summed E-state index contributed by atoms with van der Waals surface area (Å²) in [6.45, 7) is 6.28. The minimum atomic E-state index is 0.337. The highest BCUT2D eigenvalue weighted by Crippen LogP contribution is 2.34. The van der Waals surface area contributed by atoms with E-state index in [-0.39, 0.29) is 0 Å². The predicted molar refractivity (Wildman–Crippen MR) is 84.4 cm³/mol. The van der Waals surface area contributed by atoms with Crippen molar-refractivity contribution < 1.29 is 4.52 Å². The van der Waals surface area contributed by atoms with Crippen LogP contribution in [0.3, 0.4) is 0 Å². The van der Waals surface area contributed by atoms with Crippen LogP contribution in [0.2, 0.25) is 5.02 Å². The van der Waals surface area contributed by atoms with Gasteiger partial charge in [-0.05, 0) is 43.0 Å². The van der Waals surface area contributed by atoms with Gasteiger partial charge in [0.25, 0.3) is 0 Å². The van der Waals surface area contributed by atoms with Gasteiger partial charge < -0.3 is 4.52 Å². The molecule has 1 aliphatic heterocycles. The Morgan fingerprint density at radius 3 is 2.95 bits per heavy atom. The Bertz CT molecular complexity index is 608. The lowest BCUT2D eigenvalue weighted by atomic mass is 10.1. The largest absolute Gasteiger partial charge is 0.359 e. The Hall–Kier alpha value is -1.32. The van der Waals surface area contributed by atoms with Gasteiger partial charge in [-0.15, -0.1) is 0 Å². The molecule has 0 bridgehead atoms. The second-order valence-electron chi connectivity index (χ2n) is 6.07. The number of halogens is 1. The highest BCUT2D eigenvalue weighted by Gasteiger charge is 2.29. The van der Waals surface area contributed by atoms with Gasteiger partial charge in [-0.2, -0.15) is 0 Å². The van der Waals surface area contributed by atoms with Crippen molar-refractivity contribution in [1.29, 1.82) is 0 Å². The van der Waals surface area contributed by atoms with Gasteiger partial charge in [0, 0.05) is 17.6 Å². The molecule has 3 nitrogen and oxygen atoms in total. The first-order chi connectivity index (χ1) is 10.1. The van der Waals surface area contributed by atoms with E-state index >= 15 is 0 Å². The SMILES string of the molecule is CC(C)c1cc([C@H]2CCCN2Cc2cccc(Cl)c2)on1. The Balaban J connectivity index is 1.75. The number of hydrogen-bond acceptors (Lipinski definition) is 3. The van der Waals surface area contributed by atoms with E-state index in [1.54, 1.807) is 0 Å². The first-order valence-electron chi connectivity index (χ1n) is 7.58. The van der Waals surface area contributed by atoms with Crippen molar-refractivity contribution in [2.45, 2.75) is 45.2 Å². The maximum Gasteiger partial charge on any atom is 0.154 e. The zero-order valence-electron chi connectivity index (χ0n) is 12.6.